The third kappa shape index (κ3) is 6.11. The van der Waals surface area contributed by atoms with Gasteiger partial charge in [0.1, 0.15) is 0 Å². The van der Waals surface area contributed by atoms with Crippen molar-refractivity contribution in [3.8, 4) is 11.1 Å². The van der Waals surface area contributed by atoms with Crippen molar-refractivity contribution in [1.29, 1.82) is 0 Å². The Bertz CT molecular complexity index is 952. The minimum absolute atomic E-state index is 0.171. The molecule has 2 aromatic carbocycles. The molecule has 3 rings (SSSR count). The molecule has 0 radical (unpaired) electrons. The van der Waals surface area contributed by atoms with Crippen LogP contribution in [0.4, 0.5) is 9.59 Å². The van der Waals surface area contributed by atoms with E-state index in [0.717, 1.165) is 37.2 Å². The molecule has 0 fully saturated rings. The SMILES string of the molecule is CC(C)(C)OC(=O)[AsH]c1ccc2c(c1)C(C=O)c1cc([AsH]C(=O)OC(C)(C)C)ccc1-2. The Morgan fingerprint density at radius 2 is 1.16 bits per heavy atom. The molecule has 0 spiro atoms. The number of fused-ring (bicyclic) bond motifs is 3. The van der Waals surface area contributed by atoms with Crippen LogP contribution in [0.1, 0.15) is 58.6 Å². The summed E-state index contributed by atoms with van der Waals surface area (Å²) in [7, 11) is 0. The molecule has 1 aliphatic rings. The summed E-state index contributed by atoms with van der Waals surface area (Å²) in [6.07, 6.45) is 0.944. The number of carbonyl (C=O) groups is 3. The standard InChI is InChI=1S/C24H28As2O5/c1-23(2,3)30-21(28)25-14-7-9-16-17-10-8-15(26-22(29)31-24(4,5)6)12-19(17)20(13-27)18(16)11-14/h7-13,20,25-26H,1-6H3. The van der Waals surface area contributed by atoms with Crippen LogP contribution < -0.4 is 8.70 Å². The second-order valence-corrected chi connectivity index (χ2v) is 14.7. The van der Waals surface area contributed by atoms with Crippen LogP contribution in [0.15, 0.2) is 36.4 Å². The van der Waals surface area contributed by atoms with E-state index in [1.165, 1.54) is 0 Å². The van der Waals surface area contributed by atoms with Crippen LogP contribution >= 0.6 is 0 Å². The van der Waals surface area contributed by atoms with Gasteiger partial charge in [-0.05, 0) is 0 Å². The third-order valence-electron chi connectivity index (χ3n) is 4.49. The Kier molecular flexibility index (Phi) is 6.89. The topological polar surface area (TPSA) is 69.7 Å². The molecule has 7 heteroatoms. The summed E-state index contributed by atoms with van der Waals surface area (Å²) >= 11 is -2.26. The number of hydrogen-bond donors (Lipinski definition) is 0. The van der Waals surface area contributed by atoms with E-state index in [-0.39, 0.29) is 15.4 Å². The van der Waals surface area contributed by atoms with Gasteiger partial charge < -0.3 is 0 Å². The molecule has 0 aromatic heterocycles. The van der Waals surface area contributed by atoms with Gasteiger partial charge in [-0.3, -0.25) is 0 Å². The number of aldehydes is 1. The van der Waals surface area contributed by atoms with Crippen molar-refractivity contribution in [2.45, 2.75) is 58.7 Å². The van der Waals surface area contributed by atoms with Gasteiger partial charge in [0.25, 0.3) is 0 Å². The van der Waals surface area contributed by atoms with Crippen LogP contribution in [0.25, 0.3) is 11.1 Å². The van der Waals surface area contributed by atoms with Crippen LogP contribution in [0.3, 0.4) is 0 Å². The van der Waals surface area contributed by atoms with Crippen LogP contribution in [0.2, 0.25) is 0 Å². The fourth-order valence-corrected chi connectivity index (χ4v) is 7.59. The number of ether oxygens (including phenoxy) is 2. The molecule has 1 aliphatic carbocycles. The Morgan fingerprint density at radius 1 is 0.774 bits per heavy atom. The van der Waals surface area contributed by atoms with Gasteiger partial charge >= 0.3 is 197 Å². The molecule has 0 saturated heterocycles. The fourth-order valence-electron chi connectivity index (χ4n) is 3.44. The van der Waals surface area contributed by atoms with Crippen molar-refractivity contribution >= 4 is 56.0 Å². The number of carbonyl (C=O) groups excluding carboxylic acids is 3. The average molecular weight is 546 g/mol. The molecule has 0 N–H and O–H groups in total. The van der Waals surface area contributed by atoms with Gasteiger partial charge in [0.2, 0.25) is 0 Å². The third-order valence-corrected chi connectivity index (χ3v) is 8.29. The van der Waals surface area contributed by atoms with Crippen LogP contribution in [-0.4, -0.2) is 58.5 Å². The maximum atomic E-state index is 12.3. The second kappa shape index (κ2) is 8.96. The Labute approximate surface area is 196 Å². The predicted molar refractivity (Wildman–Crippen MR) is 126 cm³/mol. The molecule has 2 unspecified atom stereocenters. The van der Waals surface area contributed by atoms with Crippen LogP contribution in [0.5, 0.6) is 0 Å². The van der Waals surface area contributed by atoms with Crippen molar-refractivity contribution in [1.82, 2.24) is 0 Å². The first kappa shape index (κ1) is 23.8. The van der Waals surface area contributed by atoms with Gasteiger partial charge in [0.05, 0.1) is 0 Å². The van der Waals surface area contributed by atoms with E-state index in [0.29, 0.717) is 0 Å². The van der Waals surface area contributed by atoms with E-state index < -0.39 is 42.7 Å². The van der Waals surface area contributed by atoms with Gasteiger partial charge in [-0.25, -0.2) is 0 Å². The van der Waals surface area contributed by atoms with Crippen molar-refractivity contribution in [2.75, 3.05) is 0 Å². The Morgan fingerprint density at radius 3 is 1.48 bits per heavy atom. The molecule has 0 bridgehead atoms. The number of benzene rings is 2. The van der Waals surface area contributed by atoms with Gasteiger partial charge in [0.15, 0.2) is 0 Å². The van der Waals surface area contributed by atoms with E-state index in [4.69, 9.17) is 9.47 Å². The first-order valence-corrected chi connectivity index (χ1v) is 14.3. The first-order valence-electron chi connectivity index (χ1n) is 10.1. The van der Waals surface area contributed by atoms with Crippen molar-refractivity contribution in [3.05, 3.63) is 47.5 Å². The van der Waals surface area contributed by atoms with E-state index in [1.807, 2.05) is 77.9 Å². The van der Waals surface area contributed by atoms with Crippen LogP contribution in [0, 0.1) is 0 Å². The maximum absolute atomic E-state index is 12.3. The van der Waals surface area contributed by atoms with Gasteiger partial charge in [-0.15, -0.1) is 0 Å². The number of rotatable bonds is 5. The normalized spacial score (nSPS) is 15.9. The Balaban J connectivity index is 1.84. The fraction of sp³-hybridized carbons (Fsp3) is 0.375. The summed E-state index contributed by atoms with van der Waals surface area (Å²) in [6.45, 7) is 11.1. The van der Waals surface area contributed by atoms with E-state index in [1.54, 1.807) is 0 Å². The zero-order valence-electron chi connectivity index (χ0n) is 18.7. The van der Waals surface area contributed by atoms with E-state index in [9.17, 15) is 14.4 Å². The Hall–Kier alpha value is -1.83. The van der Waals surface area contributed by atoms with Crippen molar-refractivity contribution in [2.24, 2.45) is 0 Å². The van der Waals surface area contributed by atoms with Crippen LogP contribution in [-0.2, 0) is 14.3 Å². The summed E-state index contributed by atoms with van der Waals surface area (Å²) in [5.74, 6) is -0.389. The minimum atomic E-state index is -1.13. The molecule has 0 amide bonds. The van der Waals surface area contributed by atoms with Crippen molar-refractivity contribution < 1.29 is 23.9 Å². The molecule has 164 valence electrons. The summed E-state index contributed by atoms with van der Waals surface area (Å²) < 4.78 is 12.5. The zero-order valence-corrected chi connectivity index (χ0v) is 22.9. The summed E-state index contributed by atoms with van der Waals surface area (Å²) in [5.41, 5.74) is 2.85. The van der Waals surface area contributed by atoms with Crippen molar-refractivity contribution in [3.63, 3.8) is 0 Å². The number of hydrogen-bond acceptors (Lipinski definition) is 5. The van der Waals surface area contributed by atoms with E-state index in [2.05, 4.69) is 0 Å². The molecular formula is C24H28As2O5. The van der Waals surface area contributed by atoms with Gasteiger partial charge in [-0.1, -0.05) is 0 Å². The molecule has 0 saturated carbocycles. The molecule has 2 atom stereocenters. The molecule has 5 nitrogen and oxygen atoms in total. The first-order chi connectivity index (χ1) is 14.4. The van der Waals surface area contributed by atoms with Gasteiger partial charge in [-0.2, -0.15) is 0 Å². The summed E-state index contributed by atoms with van der Waals surface area (Å²) in [5, 5.41) is 0. The molecule has 0 aliphatic heterocycles. The molecule has 31 heavy (non-hydrogen) atoms. The van der Waals surface area contributed by atoms with Gasteiger partial charge in [0, 0.05) is 0 Å². The molecule has 0 heterocycles. The molecule has 2 aromatic rings. The second-order valence-electron chi connectivity index (χ2n) is 9.47. The predicted octanol–water partition coefficient (Wildman–Crippen LogP) is 2.99. The van der Waals surface area contributed by atoms with E-state index >= 15 is 0 Å². The zero-order chi connectivity index (χ0) is 23.0. The summed E-state index contributed by atoms with van der Waals surface area (Å²) in [4.78, 5) is 36.5. The quantitative estimate of drug-likeness (QED) is 0.426. The summed E-state index contributed by atoms with van der Waals surface area (Å²) in [6, 6.07) is 11.9. The molecular weight excluding hydrogens is 518 g/mol. The monoisotopic (exact) mass is 546 g/mol. The average Bonchev–Trinajstić information content (AvgIpc) is 2.90.